The number of hydrogen-bond donors (Lipinski definition) is 2. The van der Waals surface area contributed by atoms with Crippen molar-refractivity contribution in [2.75, 3.05) is 11.5 Å². The molecule has 0 radical (unpaired) electrons. The van der Waals surface area contributed by atoms with Gasteiger partial charge in [0.05, 0.1) is 23.7 Å². The molecule has 0 unspecified atom stereocenters. The van der Waals surface area contributed by atoms with E-state index in [0.717, 1.165) is 0 Å². The van der Waals surface area contributed by atoms with Gasteiger partial charge in [0, 0.05) is 11.6 Å². The van der Waals surface area contributed by atoms with Crippen molar-refractivity contribution < 1.29 is 19.4 Å². The van der Waals surface area contributed by atoms with E-state index >= 15 is 0 Å². The van der Waals surface area contributed by atoms with Gasteiger partial charge >= 0.3 is 0 Å². The van der Waals surface area contributed by atoms with Gasteiger partial charge in [-0.2, -0.15) is 10.2 Å². The number of ether oxygens (including phenoxy) is 1. The molecule has 0 aromatic heterocycles. The third-order valence-electron chi connectivity index (χ3n) is 4.84. The maximum atomic E-state index is 13.3. The predicted molar refractivity (Wildman–Crippen MR) is 133 cm³/mol. The fourth-order valence-corrected chi connectivity index (χ4v) is 3.54. The van der Waals surface area contributed by atoms with Crippen LogP contribution in [-0.2, 0) is 9.59 Å². The van der Waals surface area contributed by atoms with Gasteiger partial charge in [0.25, 0.3) is 11.8 Å². The van der Waals surface area contributed by atoms with E-state index in [0.29, 0.717) is 29.4 Å². The van der Waals surface area contributed by atoms with E-state index in [4.69, 9.17) is 17.0 Å². The Morgan fingerprint density at radius 2 is 1.76 bits per heavy atom. The van der Waals surface area contributed by atoms with Crippen LogP contribution in [0.2, 0.25) is 0 Å². The van der Waals surface area contributed by atoms with E-state index in [1.807, 2.05) is 25.1 Å². The van der Waals surface area contributed by atoms with Crippen molar-refractivity contribution in [2.24, 2.45) is 10.2 Å². The van der Waals surface area contributed by atoms with Crippen LogP contribution in [0.5, 0.6) is 11.5 Å². The Bertz CT molecular complexity index is 1320. The summed E-state index contributed by atoms with van der Waals surface area (Å²) >= 11 is 5.24. The SMILES string of the molecule is CCOc1cccc(N2C(=O)/C(=C\c3cc(N=Nc4ccccc4)ccc3O)C(=O)NC2=S)c1. The number of anilines is 1. The van der Waals surface area contributed by atoms with Gasteiger partial charge in [0.2, 0.25) is 0 Å². The molecule has 9 heteroatoms. The summed E-state index contributed by atoms with van der Waals surface area (Å²) in [4.78, 5) is 27.1. The summed E-state index contributed by atoms with van der Waals surface area (Å²) in [5.41, 5.74) is 1.59. The van der Waals surface area contributed by atoms with E-state index in [2.05, 4.69) is 15.5 Å². The lowest BCUT2D eigenvalue weighted by molar-refractivity contribution is -0.122. The quantitative estimate of drug-likeness (QED) is 0.226. The van der Waals surface area contributed by atoms with Gasteiger partial charge in [-0.3, -0.25) is 19.8 Å². The first-order valence-electron chi connectivity index (χ1n) is 10.4. The summed E-state index contributed by atoms with van der Waals surface area (Å²) in [6, 6.07) is 20.5. The fourth-order valence-electron chi connectivity index (χ4n) is 3.26. The molecule has 170 valence electrons. The smallest absolute Gasteiger partial charge is 0.270 e. The molecule has 1 fully saturated rings. The van der Waals surface area contributed by atoms with Crippen LogP contribution in [0.3, 0.4) is 0 Å². The Labute approximate surface area is 201 Å². The molecule has 1 aliphatic heterocycles. The van der Waals surface area contributed by atoms with Gasteiger partial charge in [0.1, 0.15) is 17.1 Å². The first-order chi connectivity index (χ1) is 16.5. The van der Waals surface area contributed by atoms with E-state index in [1.54, 1.807) is 42.5 Å². The second-order valence-corrected chi connectivity index (χ2v) is 7.55. The second kappa shape index (κ2) is 10.1. The van der Waals surface area contributed by atoms with Crippen molar-refractivity contribution in [3.8, 4) is 11.5 Å². The van der Waals surface area contributed by atoms with E-state index in [1.165, 1.54) is 23.1 Å². The minimum atomic E-state index is -0.664. The summed E-state index contributed by atoms with van der Waals surface area (Å²) in [5, 5.41) is 21.1. The number of nitrogens with one attached hydrogen (secondary N) is 1. The van der Waals surface area contributed by atoms with Crippen molar-refractivity contribution in [3.63, 3.8) is 0 Å². The van der Waals surface area contributed by atoms with E-state index in [9.17, 15) is 14.7 Å². The average molecular weight is 473 g/mol. The molecule has 0 bridgehead atoms. The monoisotopic (exact) mass is 472 g/mol. The standard InChI is InChI=1S/C25H20N4O4S/c1-2-33-20-10-6-9-19(15-20)29-24(32)21(23(31)26-25(29)34)14-16-13-18(11-12-22(16)30)28-27-17-7-4-3-5-8-17/h3-15,30H,2H2,1H3,(H,26,31,34)/b21-14-,28-27?. The fraction of sp³-hybridized carbons (Fsp3) is 0.0800. The van der Waals surface area contributed by atoms with Gasteiger partial charge in [-0.15, -0.1) is 0 Å². The maximum absolute atomic E-state index is 13.3. The number of thiocarbonyl (C=S) groups is 1. The van der Waals surface area contributed by atoms with Crippen LogP contribution in [0.1, 0.15) is 12.5 Å². The summed E-state index contributed by atoms with van der Waals surface area (Å²) in [6.07, 6.45) is 1.30. The molecule has 8 nitrogen and oxygen atoms in total. The number of benzene rings is 3. The van der Waals surface area contributed by atoms with Gasteiger partial charge in [-0.25, -0.2) is 0 Å². The molecule has 1 saturated heterocycles. The highest BCUT2D eigenvalue weighted by Crippen LogP contribution is 2.30. The topological polar surface area (TPSA) is 104 Å². The number of phenols is 1. The first-order valence-corrected chi connectivity index (χ1v) is 10.8. The Balaban J connectivity index is 1.67. The Hall–Kier alpha value is -4.37. The lowest BCUT2D eigenvalue weighted by atomic mass is 10.1. The molecule has 34 heavy (non-hydrogen) atoms. The first kappa shape index (κ1) is 22.8. The molecule has 4 rings (SSSR count). The highest BCUT2D eigenvalue weighted by Gasteiger charge is 2.34. The Kier molecular flexibility index (Phi) is 6.74. The molecule has 3 aromatic rings. The number of carbonyl (C=O) groups excluding carboxylic acids is 2. The predicted octanol–water partition coefficient (Wildman–Crippen LogP) is 5.04. The van der Waals surface area contributed by atoms with Crippen LogP contribution in [0.25, 0.3) is 6.08 Å². The van der Waals surface area contributed by atoms with Crippen LogP contribution in [-0.4, -0.2) is 28.6 Å². The number of aromatic hydroxyl groups is 1. The molecule has 0 aliphatic carbocycles. The van der Waals surface area contributed by atoms with Gasteiger partial charge < -0.3 is 9.84 Å². The van der Waals surface area contributed by atoms with Crippen molar-refractivity contribution in [1.29, 1.82) is 0 Å². The zero-order chi connectivity index (χ0) is 24.1. The van der Waals surface area contributed by atoms with Crippen LogP contribution >= 0.6 is 12.2 Å². The van der Waals surface area contributed by atoms with E-state index < -0.39 is 11.8 Å². The molecule has 3 aromatic carbocycles. The van der Waals surface area contributed by atoms with Gasteiger partial charge in [-0.1, -0.05) is 24.3 Å². The number of hydrogen-bond acceptors (Lipinski definition) is 7. The Morgan fingerprint density at radius 3 is 2.53 bits per heavy atom. The van der Waals surface area contributed by atoms with Crippen molar-refractivity contribution in [1.82, 2.24) is 5.32 Å². The molecular formula is C25H20N4O4S. The van der Waals surface area contributed by atoms with Crippen LogP contribution in [0.4, 0.5) is 17.1 Å². The van der Waals surface area contributed by atoms with Gasteiger partial charge in [-0.05, 0) is 67.7 Å². The lowest BCUT2D eigenvalue weighted by Gasteiger charge is -2.29. The van der Waals surface area contributed by atoms with Crippen LogP contribution in [0.15, 0.2) is 88.6 Å². The zero-order valence-corrected chi connectivity index (χ0v) is 19.0. The molecule has 1 heterocycles. The summed E-state index contributed by atoms with van der Waals surface area (Å²) in [6.45, 7) is 2.31. The number of amides is 2. The van der Waals surface area contributed by atoms with Crippen LogP contribution < -0.4 is 15.0 Å². The number of rotatable bonds is 6. The summed E-state index contributed by atoms with van der Waals surface area (Å²) < 4.78 is 5.50. The number of carbonyl (C=O) groups is 2. The molecule has 1 aliphatic rings. The number of azo groups is 1. The molecule has 2 N–H and O–H groups in total. The third kappa shape index (κ3) is 5.00. The Morgan fingerprint density at radius 1 is 1.00 bits per heavy atom. The lowest BCUT2D eigenvalue weighted by Crippen LogP contribution is -2.54. The van der Waals surface area contributed by atoms with Crippen LogP contribution in [0, 0.1) is 0 Å². The number of nitrogens with zero attached hydrogens (tertiary/aromatic N) is 3. The second-order valence-electron chi connectivity index (χ2n) is 7.17. The molecule has 0 saturated carbocycles. The average Bonchev–Trinajstić information content (AvgIpc) is 2.83. The minimum absolute atomic E-state index is 0.0459. The molecule has 0 atom stereocenters. The largest absolute Gasteiger partial charge is 0.507 e. The minimum Gasteiger partial charge on any atom is -0.507 e. The number of phenolic OH excluding ortho intramolecular Hbond substituents is 1. The molecular weight excluding hydrogens is 452 g/mol. The zero-order valence-electron chi connectivity index (χ0n) is 18.1. The van der Waals surface area contributed by atoms with E-state index in [-0.39, 0.29) is 22.0 Å². The van der Waals surface area contributed by atoms with Crippen molar-refractivity contribution >= 4 is 52.3 Å². The third-order valence-corrected chi connectivity index (χ3v) is 5.12. The molecule has 2 amide bonds. The summed E-state index contributed by atoms with van der Waals surface area (Å²) in [5.74, 6) is -0.849. The highest BCUT2D eigenvalue weighted by molar-refractivity contribution is 7.80. The van der Waals surface area contributed by atoms with Crippen molar-refractivity contribution in [2.45, 2.75) is 6.92 Å². The van der Waals surface area contributed by atoms with Crippen molar-refractivity contribution in [3.05, 3.63) is 83.9 Å². The molecule has 0 spiro atoms. The highest BCUT2D eigenvalue weighted by atomic mass is 32.1. The normalized spacial score (nSPS) is 15.1. The van der Waals surface area contributed by atoms with Gasteiger partial charge in [0.15, 0.2) is 5.11 Å². The maximum Gasteiger partial charge on any atom is 0.270 e. The summed E-state index contributed by atoms with van der Waals surface area (Å²) in [7, 11) is 0.